The largest absolute Gasteiger partial charge is 0.347 e. The van der Waals surface area contributed by atoms with E-state index in [1.807, 2.05) is 0 Å². The van der Waals surface area contributed by atoms with E-state index in [1.54, 1.807) is 0 Å². The Labute approximate surface area is 139 Å². The van der Waals surface area contributed by atoms with Crippen molar-refractivity contribution in [2.45, 2.75) is 31.7 Å². The van der Waals surface area contributed by atoms with E-state index in [2.05, 4.69) is 15.5 Å². The van der Waals surface area contributed by atoms with E-state index in [4.69, 9.17) is 18.2 Å². The number of carbonyl (C=O) groups is 2. The average Bonchev–Trinajstić information content (AvgIpc) is 2.51. The van der Waals surface area contributed by atoms with Gasteiger partial charge < -0.3 is 15.5 Å². The van der Waals surface area contributed by atoms with Crippen LogP contribution in [0.5, 0.6) is 0 Å². The van der Waals surface area contributed by atoms with Crippen molar-refractivity contribution >= 4 is 29.1 Å². The molecule has 0 unspecified atom stereocenters. The molecule has 1 aliphatic rings. The van der Waals surface area contributed by atoms with Gasteiger partial charge in [0.2, 0.25) is 5.91 Å². The Morgan fingerprint density at radius 3 is 2.61 bits per heavy atom. The lowest BCUT2D eigenvalue weighted by molar-refractivity contribution is -0.121. The van der Waals surface area contributed by atoms with Crippen molar-refractivity contribution in [3.05, 3.63) is 40.5 Å². The van der Waals surface area contributed by atoms with Gasteiger partial charge in [-0.2, -0.15) is 0 Å². The van der Waals surface area contributed by atoms with E-state index in [1.165, 1.54) is 12.1 Å². The van der Waals surface area contributed by atoms with Crippen LogP contribution >= 0.6 is 11.6 Å². The molecule has 1 fully saturated rings. The zero-order valence-electron chi connectivity index (χ0n) is 12.4. The minimum absolute atomic E-state index is 0.0164. The van der Waals surface area contributed by atoms with Crippen LogP contribution in [0.4, 0.5) is 10.1 Å². The molecule has 1 aliphatic carbocycles. The maximum absolute atomic E-state index is 13.0. The van der Waals surface area contributed by atoms with Crippen molar-refractivity contribution in [2.24, 2.45) is 5.92 Å². The highest BCUT2D eigenvalue weighted by Gasteiger charge is 2.27. The second-order valence-electron chi connectivity index (χ2n) is 5.55. The summed E-state index contributed by atoms with van der Waals surface area (Å²) in [6.45, 7) is 6.49. The van der Waals surface area contributed by atoms with Gasteiger partial charge in [0.1, 0.15) is 5.82 Å². The number of halogens is 2. The molecular formula is C16H17ClFN3O2. The fraction of sp³-hybridized carbons (Fsp3) is 0.438. The first-order chi connectivity index (χ1) is 11.0. The van der Waals surface area contributed by atoms with Gasteiger partial charge in [0, 0.05) is 12.0 Å². The number of hydrogen-bond acceptors (Lipinski definition) is 2. The fourth-order valence-corrected chi connectivity index (χ4v) is 2.89. The van der Waals surface area contributed by atoms with Gasteiger partial charge in [-0.05, 0) is 43.9 Å². The number of benzene rings is 1. The van der Waals surface area contributed by atoms with Crippen LogP contribution in [0.15, 0.2) is 18.2 Å². The Morgan fingerprint density at radius 1 is 1.30 bits per heavy atom. The van der Waals surface area contributed by atoms with Gasteiger partial charge in [0.25, 0.3) is 12.5 Å². The van der Waals surface area contributed by atoms with Gasteiger partial charge in [-0.1, -0.05) is 11.6 Å². The molecule has 2 rings (SSSR count). The number of anilines is 1. The van der Waals surface area contributed by atoms with Crippen LogP contribution in [0.1, 0.15) is 25.7 Å². The lowest BCUT2D eigenvalue weighted by Crippen LogP contribution is -2.40. The van der Waals surface area contributed by atoms with E-state index in [9.17, 15) is 14.0 Å². The molecule has 0 radical (unpaired) electrons. The standard InChI is InChI=1S/C16H17ClFN3O2/c1-19-9-15(22)20-12-5-2-10(3-6-12)16(23)21-14-7-4-11(18)8-13(14)17/h4,7-8,10,12H,2-3,5-6,9H2,(H,20,22)(H,21,23). The first-order valence-electron chi connectivity index (χ1n) is 7.38. The first kappa shape index (κ1) is 17.2. The number of hydrogen-bond donors (Lipinski definition) is 2. The van der Waals surface area contributed by atoms with E-state index in [0.29, 0.717) is 31.4 Å². The maximum atomic E-state index is 13.0. The molecule has 1 aromatic carbocycles. The minimum Gasteiger partial charge on any atom is -0.347 e. The first-order valence-corrected chi connectivity index (χ1v) is 7.76. The molecule has 0 spiro atoms. The molecule has 1 saturated carbocycles. The Hall–Kier alpha value is -2.13. The normalized spacial score (nSPS) is 20.4. The van der Waals surface area contributed by atoms with Crippen LogP contribution in [-0.4, -0.2) is 24.4 Å². The lowest BCUT2D eigenvalue weighted by atomic mass is 9.85. The molecule has 122 valence electrons. The van der Waals surface area contributed by atoms with Crippen molar-refractivity contribution in [3.8, 4) is 0 Å². The van der Waals surface area contributed by atoms with Gasteiger partial charge >= 0.3 is 0 Å². The predicted molar refractivity (Wildman–Crippen MR) is 85.4 cm³/mol. The summed E-state index contributed by atoms with van der Waals surface area (Å²) >= 11 is 5.90. The smallest absolute Gasteiger partial charge is 0.300 e. The lowest BCUT2D eigenvalue weighted by Gasteiger charge is -2.28. The Morgan fingerprint density at radius 2 is 2.00 bits per heavy atom. The summed E-state index contributed by atoms with van der Waals surface area (Å²) < 4.78 is 13.0. The highest BCUT2D eigenvalue weighted by Crippen LogP contribution is 2.28. The SMILES string of the molecule is [C-]#[N+]CC(=O)NC1CCC(C(=O)Nc2ccc(F)cc2Cl)CC1. The fourth-order valence-electron chi connectivity index (χ4n) is 2.67. The maximum Gasteiger partial charge on any atom is 0.300 e. The molecule has 0 saturated heterocycles. The van der Waals surface area contributed by atoms with E-state index in [-0.39, 0.29) is 35.3 Å². The molecule has 0 bridgehead atoms. The monoisotopic (exact) mass is 337 g/mol. The molecule has 0 aliphatic heterocycles. The molecular weight excluding hydrogens is 321 g/mol. The van der Waals surface area contributed by atoms with Gasteiger partial charge in [-0.3, -0.25) is 9.59 Å². The van der Waals surface area contributed by atoms with Crippen LogP contribution < -0.4 is 10.6 Å². The molecule has 23 heavy (non-hydrogen) atoms. The third-order valence-electron chi connectivity index (χ3n) is 3.87. The summed E-state index contributed by atoms with van der Waals surface area (Å²) in [5.74, 6) is -1.04. The van der Waals surface area contributed by atoms with Crippen LogP contribution in [0.2, 0.25) is 5.02 Å². The molecule has 0 atom stereocenters. The number of amides is 2. The zero-order chi connectivity index (χ0) is 16.8. The second-order valence-corrected chi connectivity index (χ2v) is 5.95. The highest BCUT2D eigenvalue weighted by molar-refractivity contribution is 6.33. The van der Waals surface area contributed by atoms with Crippen LogP contribution in [0, 0.1) is 18.3 Å². The summed E-state index contributed by atoms with van der Waals surface area (Å²) in [5, 5.41) is 5.68. The third-order valence-corrected chi connectivity index (χ3v) is 4.19. The topological polar surface area (TPSA) is 62.6 Å². The van der Waals surface area contributed by atoms with Gasteiger partial charge in [-0.15, -0.1) is 0 Å². The van der Waals surface area contributed by atoms with Gasteiger partial charge in [-0.25, -0.2) is 11.0 Å². The second kappa shape index (κ2) is 7.93. The summed E-state index contributed by atoms with van der Waals surface area (Å²) in [4.78, 5) is 26.7. The van der Waals surface area contributed by atoms with Crippen molar-refractivity contribution in [1.82, 2.24) is 5.32 Å². The minimum atomic E-state index is -0.455. The predicted octanol–water partition coefficient (Wildman–Crippen LogP) is 3.01. The molecule has 2 N–H and O–H groups in total. The summed E-state index contributed by atoms with van der Waals surface area (Å²) in [5.41, 5.74) is 0.394. The highest BCUT2D eigenvalue weighted by atomic mass is 35.5. The summed E-state index contributed by atoms with van der Waals surface area (Å²) in [6.07, 6.45) is 2.68. The van der Waals surface area contributed by atoms with Crippen LogP contribution in [0.25, 0.3) is 4.85 Å². The van der Waals surface area contributed by atoms with Crippen molar-refractivity contribution in [1.29, 1.82) is 0 Å². The Kier molecular flexibility index (Phi) is 5.94. The van der Waals surface area contributed by atoms with Crippen molar-refractivity contribution in [3.63, 3.8) is 0 Å². The summed E-state index contributed by atoms with van der Waals surface area (Å²) in [6, 6.07) is 3.85. The molecule has 0 heterocycles. The summed E-state index contributed by atoms with van der Waals surface area (Å²) in [7, 11) is 0. The van der Waals surface area contributed by atoms with Crippen LogP contribution in [0.3, 0.4) is 0 Å². The number of nitrogens with zero attached hydrogens (tertiary/aromatic N) is 1. The van der Waals surface area contributed by atoms with Crippen molar-refractivity contribution < 1.29 is 14.0 Å². The van der Waals surface area contributed by atoms with E-state index in [0.717, 1.165) is 6.07 Å². The molecule has 7 heteroatoms. The molecule has 0 aromatic heterocycles. The number of nitrogens with one attached hydrogen (secondary N) is 2. The average molecular weight is 338 g/mol. The Bertz CT molecular complexity index is 637. The zero-order valence-corrected chi connectivity index (χ0v) is 13.2. The molecule has 1 aromatic rings. The van der Waals surface area contributed by atoms with Crippen molar-refractivity contribution in [2.75, 3.05) is 11.9 Å². The van der Waals surface area contributed by atoms with Gasteiger partial charge in [0.05, 0.1) is 10.7 Å². The van der Waals surface area contributed by atoms with E-state index < -0.39 is 5.82 Å². The van der Waals surface area contributed by atoms with Gasteiger partial charge in [0.15, 0.2) is 0 Å². The quantitative estimate of drug-likeness (QED) is 0.830. The number of rotatable bonds is 4. The molecule has 5 nitrogen and oxygen atoms in total. The Balaban J connectivity index is 1.84. The molecule has 2 amide bonds. The van der Waals surface area contributed by atoms with Crippen LogP contribution in [-0.2, 0) is 9.59 Å². The van der Waals surface area contributed by atoms with E-state index >= 15 is 0 Å². The third kappa shape index (κ3) is 4.93. The number of carbonyl (C=O) groups excluding carboxylic acids is 2.